The molecule has 0 fully saturated rings. The van der Waals surface area contributed by atoms with Crippen molar-refractivity contribution in [3.63, 3.8) is 0 Å². The van der Waals surface area contributed by atoms with Crippen molar-refractivity contribution in [2.24, 2.45) is 0 Å². The van der Waals surface area contributed by atoms with Gasteiger partial charge in [-0.1, -0.05) is 17.8 Å². The number of nitro groups is 1. The molecule has 1 N–H and O–H groups in total. The lowest BCUT2D eigenvalue weighted by atomic mass is 10.2. The summed E-state index contributed by atoms with van der Waals surface area (Å²) in [5.41, 5.74) is 1.93. The summed E-state index contributed by atoms with van der Waals surface area (Å²) >= 11 is 1.08. The van der Waals surface area contributed by atoms with Gasteiger partial charge in [0, 0.05) is 23.4 Å². The molecule has 3 aromatic rings. The van der Waals surface area contributed by atoms with Crippen LogP contribution < -0.4 is 10.1 Å². The van der Waals surface area contributed by atoms with Gasteiger partial charge in [0.15, 0.2) is 0 Å². The summed E-state index contributed by atoms with van der Waals surface area (Å²) < 4.78 is 10.6. The molecule has 1 aromatic heterocycles. The van der Waals surface area contributed by atoms with Gasteiger partial charge in [-0.15, -0.1) is 10.2 Å². The van der Waals surface area contributed by atoms with Crippen LogP contribution >= 0.6 is 11.8 Å². The molecule has 0 aliphatic carbocycles. The molecule has 0 saturated carbocycles. The van der Waals surface area contributed by atoms with Crippen molar-refractivity contribution in [1.29, 1.82) is 0 Å². The Hall–Kier alpha value is -3.40. The molecular formula is C18H16N4O5S. The number of ether oxygens (including phenoxy) is 1. The summed E-state index contributed by atoms with van der Waals surface area (Å²) in [5, 5.41) is 21.6. The zero-order valence-electron chi connectivity index (χ0n) is 15.0. The molecule has 1 heterocycles. The van der Waals surface area contributed by atoms with E-state index in [-0.39, 0.29) is 28.5 Å². The average molecular weight is 400 g/mol. The van der Waals surface area contributed by atoms with Crippen molar-refractivity contribution < 1.29 is 18.9 Å². The first-order valence-corrected chi connectivity index (χ1v) is 9.10. The highest BCUT2D eigenvalue weighted by atomic mass is 32.2. The number of nitrogens with zero attached hydrogens (tertiary/aromatic N) is 3. The van der Waals surface area contributed by atoms with E-state index in [9.17, 15) is 14.9 Å². The van der Waals surface area contributed by atoms with Crippen LogP contribution in [0.2, 0.25) is 0 Å². The first-order chi connectivity index (χ1) is 13.5. The Kier molecular flexibility index (Phi) is 5.90. The van der Waals surface area contributed by atoms with E-state index in [4.69, 9.17) is 9.15 Å². The molecule has 0 aliphatic rings. The smallest absolute Gasteiger partial charge is 0.277 e. The number of aromatic nitrogens is 2. The minimum Gasteiger partial charge on any atom is -0.497 e. The summed E-state index contributed by atoms with van der Waals surface area (Å²) in [6.45, 7) is 1.87. The van der Waals surface area contributed by atoms with Crippen LogP contribution in [-0.2, 0) is 4.79 Å². The van der Waals surface area contributed by atoms with Gasteiger partial charge in [0.25, 0.3) is 10.9 Å². The average Bonchev–Trinajstić information content (AvgIpc) is 3.17. The maximum Gasteiger partial charge on any atom is 0.277 e. The predicted molar refractivity (Wildman–Crippen MR) is 103 cm³/mol. The fraction of sp³-hybridized carbons (Fsp3) is 0.167. The molecule has 0 unspecified atom stereocenters. The van der Waals surface area contributed by atoms with E-state index in [2.05, 4.69) is 15.5 Å². The van der Waals surface area contributed by atoms with Gasteiger partial charge in [0.2, 0.25) is 11.8 Å². The third kappa shape index (κ3) is 4.65. The number of amides is 1. The molecule has 28 heavy (non-hydrogen) atoms. The topological polar surface area (TPSA) is 120 Å². The van der Waals surface area contributed by atoms with Gasteiger partial charge in [-0.2, -0.15) is 0 Å². The number of hydrogen-bond acceptors (Lipinski definition) is 8. The number of anilines is 1. The molecule has 2 aromatic carbocycles. The number of nitro benzene ring substituents is 1. The van der Waals surface area contributed by atoms with Gasteiger partial charge in [0.1, 0.15) is 5.75 Å². The number of non-ortho nitro benzene ring substituents is 1. The largest absolute Gasteiger partial charge is 0.497 e. The van der Waals surface area contributed by atoms with Crippen LogP contribution in [0, 0.1) is 17.0 Å². The van der Waals surface area contributed by atoms with Crippen LogP contribution in [0.3, 0.4) is 0 Å². The summed E-state index contributed by atoms with van der Waals surface area (Å²) in [5.74, 6) is 0.706. The zero-order chi connectivity index (χ0) is 20.1. The van der Waals surface area contributed by atoms with E-state index in [1.807, 2.05) is 13.0 Å². The molecule has 144 valence electrons. The van der Waals surface area contributed by atoms with E-state index in [1.54, 1.807) is 25.3 Å². The van der Waals surface area contributed by atoms with Gasteiger partial charge in [0.05, 0.1) is 17.8 Å². The number of aryl methyl sites for hydroxylation is 1. The molecule has 0 aliphatic heterocycles. The number of carbonyl (C=O) groups excluding carboxylic acids is 1. The highest BCUT2D eigenvalue weighted by Gasteiger charge is 2.14. The molecule has 9 nitrogen and oxygen atoms in total. The number of hydrogen-bond donors (Lipinski definition) is 1. The van der Waals surface area contributed by atoms with Gasteiger partial charge in [-0.25, -0.2) is 0 Å². The summed E-state index contributed by atoms with van der Waals surface area (Å²) in [7, 11) is 1.58. The van der Waals surface area contributed by atoms with Crippen LogP contribution in [-0.4, -0.2) is 33.9 Å². The van der Waals surface area contributed by atoms with Crippen LogP contribution in [0.15, 0.2) is 52.1 Å². The van der Waals surface area contributed by atoms with Crippen molar-refractivity contribution in [1.82, 2.24) is 10.2 Å². The second kappa shape index (κ2) is 8.53. The molecule has 0 radical (unpaired) electrons. The molecule has 0 atom stereocenters. The van der Waals surface area contributed by atoms with Gasteiger partial charge in [-0.05, 0) is 36.8 Å². The van der Waals surface area contributed by atoms with Crippen molar-refractivity contribution in [2.45, 2.75) is 12.1 Å². The van der Waals surface area contributed by atoms with E-state index in [0.29, 0.717) is 17.0 Å². The molecule has 0 bridgehead atoms. The fourth-order valence-corrected chi connectivity index (χ4v) is 2.92. The second-order valence-electron chi connectivity index (χ2n) is 5.70. The number of thioether (sulfide) groups is 1. The molecule has 0 spiro atoms. The fourth-order valence-electron chi connectivity index (χ4n) is 2.35. The Morgan fingerprint density at radius 3 is 2.82 bits per heavy atom. The van der Waals surface area contributed by atoms with E-state index < -0.39 is 4.92 Å². The van der Waals surface area contributed by atoms with Crippen molar-refractivity contribution in [3.8, 4) is 17.2 Å². The zero-order valence-corrected chi connectivity index (χ0v) is 15.9. The number of nitrogens with one attached hydrogen (secondary N) is 1. The van der Waals surface area contributed by atoms with Crippen molar-refractivity contribution in [2.75, 3.05) is 18.2 Å². The monoisotopic (exact) mass is 400 g/mol. The lowest BCUT2D eigenvalue weighted by Gasteiger charge is -2.09. The van der Waals surface area contributed by atoms with Gasteiger partial charge in [-0.3, -0.25) is 14.9 Å². The summed E-state index contributed by atoms with van der Waals surface area (Å²) in [6, 6.07) is 11.3. The third-order valence-electron chi connectivity index (χ3n) is 3.74. The van der Waals surface area contributed by atoms with Crippen LogP contribution in [0.25, 0.3) is 11.5 Å². The first-order valence-electron chi connectivity index (χ1n) is 8.12. The number of benzene rings is 2. The van der Waals surface area contributed by atoms with Crippen LogP contribution in [0.1, 0.15) is 5.56 Å². The minimum absolute atomic E-state index is 0.0702. The van der Waals surface area contributed by atoms with E-state index >= 15 is 0 Å². The number of rotatable bonds is 7. The highest BCUT2D eigenvalue weighted by Crippen LogP contribution is 2.26. The standard InChI is InChI=1S/C18H16N4O5S/c1-11-8-14(26-2)6-7-15(11)19-16(23)10-28-18-21-20-17(27-18)12-4-3-5-13(9-12)22(24)25/h3-9H,10H2,1-2H3,(H,19,23). The minimum atomic E-state index is -0.499. The summed E-state index contributed by atoms with van der Waals surface area (Å²) in [6.07, 6.45) is 0. The Bertz CT molecular complexity index is 1020. The SMILES string of the molecule is COc1ccc(NC(=O)CSc2nnc(-c3cccc([N+](=O)[O-])c3)o2)c(C)c1. The maximum atomic E-state index is 12.2. The maximum absolute atomic E-state index is 12.2. The first kappa shape index (κ1) is 19.4. The Morgan fingerprint density at radius 2 is 2.11 bits per heavy atom. The Morgan fingerprint density at radius 1 is 1.29 bits per heavy atom. The third-order valence-corrected chi connectivity index (χ3v) is 4.56. The number of methoxy groups -OCH3 is 1. The van der Waals surface area contributed by atoms with Crippen LogP contribution in [0.5, 0.6) is 5.75 Å². The van der Waals surface area contributed by atoms with Gasteiger partial charge >= 0.3 is 0 Å². The van der Waals surface area contributed by atoms with E-state index in [0.717, 1.165) is 17.3 Å². The Balaban J connectivity index is 1.60. The van der Waals surface area contributed by atoms with Crippen molar-refractivity contribution in [3.05, 3.63) is 58.1 Å². The number of carbonyl (C=O) groups is 1. The Labute approximate surface area is 164 Å². The van der Waals surface area contributed by atoms with Crippen molar-refractivity contribution >= 4 is 29.0 Å². The van der Waals surface area contributed by atoms with E-state index in [1.165, 1.54) is 18.2 Å². The highest BCUT2D eigenvalue weighted by molar-refractivity contribution is 7.99. The quantitative estimate of drug-likeness (QED) is 0.362. The summed E-state index contributed by atoms with van der Waals surface area (Å²) in [4.78, 5) is 22.5. The molecular weight excluding hydrogens is 384 g/mol. The molecule has 0 saturated heterocycles. The lowest BCUT2D eigenvalue weighted by Crippen LogP contribution is -2.14. The second-order valence-corrected chi connectivity index (χ2v) is 6.62. The molecule has 1 amide bonds. The normalized spacial score (nSPS) is 10.5. The van der Waals surface area contributed by atoms with Gasteiger partial charge < -0.3 is 14.5 Å². The molecule has 3 rings (SSSR count). The predicted octanol–water partition coefficient (Wildman–Crippen LogP) is 3.69. The lowest BCUT2D eigenvalue weighted by molar-refractivity contribution is -0.384. The molecule has 10 heteroatoms. The van der Waals surface area contributed by atoms with Crippen LogP contribution in [0.4, 0.5) is 11.4 Å².